The SMILES string of the molecule is COc1cc(-c2ccccc2Cc2nc3c(cnn3C3CCOCC3)c(=O)[nH]2)ccn1. The Morgan fingerprint density at radius 1 is 1.23 bits per heavy atom. The number of hydrogen-bond acceptors (Lipinski definition) is 6. The topological polar surface area (TPSA) is 94.9 Å². The molecule has 0 spiro atoms. The molecule has 1 aliphatic heterocycles. The summed E-state index contributed by atoms with van der Waals surface area (Å²) in [4.78, 5) is 24.7. The normalized spacial score (nSPS) is 14.7. The maximum absolute atomic E-state index is 12.7. The molecule has 31 heavy (non-hydrogen) atoms. The number of rotatable bonds is 5. The summed E-state index contributed by atoms with van der Waals surface area (Å²) < 4.78 is 12.6. The van der Waals surface area contributed by atoms with Gasteiger partial charge in [-0.2, -0.15) is 5.10 Å². The standard InChI is InChI=1S/C23H23N5O3/c1-30-21-13-16(6-9-24-21)18-5-3-2-4-15(18)12-20-26-22-19(23(29)27-20)14-25-28(22)17-7-10-31-11-8-17/h2-6,9,13-14,17H,7-8,10-12H2,1H3,(H,26,27,29). The van der Waals surface area contributed by atoms with Gasteiger partial charge >= 0.3 is 0 Å². The number of benzene rings is 1. The number of H-pyrrole nitrogens is 1. The number of fused-ring (bicyclic) bond motifs is 1. The quantitative estimate of drug-likeness (QED) is 0.536. The Bertz CT molecular complexity index is 1270. The Morgan fingerprint density at radius 2 is 2.06 bits per heavy atom. The molecule has 0 radical (unpaired) electrons. The summed E-state index contributed by atoms with van der Waals surface area (Å²) in [6.45, 7) is 1.40. The van der Waals surface area contributed by atoms with Crippen LogP contribution in [0.15, 0.2) is 53.6 Å². The molecule has 0 unspecified atom stereocenters. The summed E-state index contributed by atoms with van der Waals surface area (Å²) in [5, 5.41) is 4.99. The molecule has 0 saturated carbocycles. The summed E-state index contributed by atoms with van der Waals surface area (Å²) in [6, 6.07) is 12.1. The van der Waals surface area contributed by atoms with Crippen LogP contribution in [0.25, 0.3) is 22.2 Å². The van der Waals surface area contributed by atoms with Crippen molar-refractivity contribution in [2.75, 3.05) is 20.3 Å². The molecule has 0 bridgehead atoms. The maximum atomic E-state index is 12.7. The Balaban J connectivity index is 1.53. The zero-order chi connectivity index (χ0) is 21.2. The first kappa shape index (κ1) is 19.4. The molecular weight excluding hydrogens is 394 g/mol. The molecular formula is C23H23N5O3. The van der Waals surface area contributed by atoms with Crippen LogP contribution < -0.4 is 10.3 Å². The van der Waals surface area contributed by atoms with Gasteiger partial charge in [-0.15, -0.1) is 0 Å². The average molecular weight is 417 g/mol. The molecule has 1 fully saturated rings. The highest BCUT2D eigenvalue weighted by Gasteiger charge is 2.21. The number of hydrogen-bond donors (Lipinski definition) is 1. The number of aromatic nitrogens is 5. The fraction of sp³-hybridized carbons (Fsp3) is 0.304. The van der Waals surface area contributed by atoms with Crippen LogP contribution in [0.1, 0.15) is 30.3 Å². The van der Waals surface area contributed by atoms with Gasteiger partial charge in [-0.05, 0) is 35.6 Å². The van der Waals surface area contributed by atoms with Crippen LogP contribution in [0, 0.1) is 0 Å². The number of methoxy groups -OCH3 is 1. The third-order valence-electron chi connectivity index (χ3n) is 5.68. The van der Waals surface area contributed by atoms with Crippen molar-refractivity contribution >= 4 is 11.0 Å². The highest BCUT2D eigenvalue weighted by atomic mass is 16.5. The molecule has 158 valence electrons. The van der Waals surface area contributed by atoms with Gasteiger partial charge < -0.3 is 14.5 Å². The van der Waals surface area contributed by atoms with Crippen LogP contribution in [0.3, 0.4) is 0 Å². The van der Waals surface area contributed by atoms with E-state index in [9.17, 15) is 4.79 Å². The summed E-state index contributed by atoms with van der Waals surface area (Å²) in [5.74, 6) is 1.17. The van der Waals surface area contributed by atoms with E-state index in [1.54, 1.807) is 19.5 Å². The lowest BCUT2D eigenvalue weighted by Crippen LogP contribution is -2.21. The van der Waals surface area contributed by atoms with Crippen LogP contribution in [0.4, 0.5) is 0 Å². The highest BCUT2D eigenvalue weighted by Crippen LogP contribution is 2.27. The van der Waals surface area contributed by atoms with Gasteiger partial charge in [0.05, 0.1) is 19.3 Å². The Kier molecular flexibility index (Phi) is 5.21. The second kappa shape index (κ2) is 8.31. The third kappa shape index (κ3) is 3.82. The third-order valence-corrected chi connectivity index (χ3v) is 5.68. The molecule has 8 nitrogen and oxygen atoms in total. The molecule has 1 N–H and O–H groups in total. The smallest absolute Gasteiger partial charge is 0.262 e. The van der Waals surface area contributed by atoms with Gasteiger partial charge in [-0.1, -0.05) is 24.3 Å². The van der Waals surface area contributed by atoms with E-state index in [0.717, 1.165) is 29.5 Å². The lowest BCUT2D eigenvalue weighted by Gasteiger charge is -2.22. The lowest BCUT2D eigenvalue weighted by atomic mass is 9.98. The van der Waals surface area contributed by atoms with Gasteiger partial charge in [0, 0.05) is 31.9 Å². The molecule has 4 heterocycles. The summed E-state index contributed by atoms with van der Waals surface area (Å²) in [6.07, 6.45) is 5.56. The average Bonchev–Trinajstić information content (AvgIpc) is 3.25. The fourth-order valence-electron chi connectivity index (χ4n) is 4.09. The van der Waals surface area contributed by atoms with Crippen molar-refractivity contribution in [2.45, 2.75) is 25.3 Å². The van der Waals surface area contributed by atoms with E-state index in [1.807, 2.05) is 41.1 Å². The van der Waals surface area contributed by atoms with Crippen molar-refractivity contribution in [3.05, 3.63) is 70.5 Å². The van der Waals surface area contributed by atoms with E-state index in [1.165, 1.54) is 0 Å². The predicted octanol–water partition coefficient (Wildman–Crippen LogP) is 3.13. The number of nitrogens with zero attached hydrogens (tertiary/aromatic N) is 4. The van der Waals surface area contributed by atoms with Gasteiger partial charge in [0.25, 0.3) is 5.56 Å². The van der Waals surface area contributed by atoms with Gasteiger partial charge in [0.15, 0.2) is 5.65 Å². The van der Waals surface area contributed by atoms with Gasteiger partial charge in [-0.25, -0.2) is 14.6 Å². The molecule has 8 heteroatoms. The Hall–Kier alpha value is -3.52. The number of ether oxygens (including phenoxy) is 2. The van der Waals surface area contributed by atoms with Crippen LogP contribution in [0.2, 0.25) is 0 Å². The van der Waals surface area contributed by atoms with Crippen molar-refractivity contribution in [2.24, 2.45) is 0 Å². The summed E-state index contributed by atoms with van der Waals surface area (Å²) in [5.41, 5.74) is 3.56. The molecule has 4 aromatic rings. The van der Waals surface area contributed by atoms with Crippen LogP contribution in [-0.4, -0.2) is 45.1 Å². The summed E-state index contributed by atoms with van der Waals surface area (Å²) >= 11 is 0. The minimum absolute atomic E-state index is 0.165. The monoisotopic (exact) mass is 417 g/mol. The molecule has 5 rings (SSSR count). The predicted molar refractivity (Wildman–Crippen MR) is 116 cm³/mol. The van der Waals surface area contributed by atoms with Crippen molar-refractivity contribution in [1.29, 1.82) is 0 Å². The number of pyridine rings is 1. The molecule has 1 saturated heterocycles. The zero-order valence-corrected chi connectivity index (χ0v) is 17.2. The largest absolute Gasteiger partial charge is 0.481 e. The fourth-order valence-corrected chi connectivity index (χ4v) is 4.09. The first-order chi connectivity index (χ1) is 15.2. The number of nitrogens with one attached hydrogen (secondary N) is 1. The van der Waals surface area contributed by atoms with Gasteiger partial charge in [0.2, 0.25) is 5.88 Å². The molecule has 1 aromatic carbocycles. The van der Waals surface area contributed by atoms with E-state index < -0.39 is 0 Å². The minimum Gasteiger partial charge on any atom is -0.481 e. The van der Waals surface area contributed by atoms with Crippen molar-refractivity contribution < 1.29 is 9.47 Å². The maximum Gasteiger partial charge on any atom is 0.262 e. The van der Waals surface area contributed by atoms with Gasteiger partial charge in [-0.3, -0.25) is 4.79 Å². The number of aromatic amines is 1. The van der Waals surface area contributed by atoms with Crippen molar-refractivity contribution in [3.8, 4) is 17.0 Å². The van der Waals surface area contributed by atoms with E-state index in [-0.39, 0.29) is 11.6 Å². The van der Waals surface area contributed by atoms with E-state index in [2.05, 4.69) is 15.1 Å². The molecule has 0 aliphatic carbocycles. The first-order valence-electron chi connectivity index (χ1n) is 10.4. The first-order valence-corrected chi connectivity index (χ1v) is 10.4. The second-order valence-electron chi connectivity index (χ2n) is 7.60. The molecule has 0 amide bonds. The second-order valence-corrected chi connectivity index (χ2v) is 7.60. The highest BCUT2D eigenvalue weighted by molar-refractivity contribution is 5.73. The van der Waals surface area contributed by atoms with E-state index >= 15 is 0 Å². The Labute approximate surface area is 178 Å². The zero-order valence-electron chi connectivity index (χ0n) is 17.2. The summed E-state index contributed by atoms with van der Waals surface area (Å²) in [7, 11) is 1.60. The van der Waals surface area contributed by atoms with Crippen LogP contribution in [-0.2, 0) is 11.2 Å². The van der Waals surface area contributed by atoms with Crippen molar-refractivity contribution in [1.82, 2.24) is 24.7 Å². The lowest BCUT2D eigenvalue weighted by molar-refractivity contribution is 0.0673. The van der Waals surface area contributed by atoms with Crippen molar-refractivity contribution in [3.63, 3.8) is 0 Å². The van der Waals surface area contributed by atoms with E-state index in [0.29, 0.717) is 42.4 Å². The molecule has 3 aromatic heterocycles. The minimum atomic E-state index is -0.165. The van der Waals surface area contributed by atoms with Crippen LogP contribution >= 0.6 is 0 Å². The van der Waals surface area contributed by atoms with Crippen LogP contribution in [0.5, 0.6) is 5.88 Å². The van der Waals surface area contributed by atoms with E-state index in [4.69, 9.17) is 14.5 Å². The molecule has 0 atom stereocenters. The molecule has 1 aliphatic rings. The van der Waals surface area contributed by atoms with Gasteiger partial charge in [0.1, 0.15) is 11.2 Å². The Morgan fingerprint density at radius 3 is 2.90 bits per heavy atom.